The maximum absolute atomic E-state index is 12.8. The number of benzene rings is 1. The van der Waals surface area contributed by atoms with Crippen LogP contribution >= 0.6 is 0 Å². The molecule has 2 N–H and O–H groups in total. The first kappa shape index (κ1) is 15.1. The smallest absolute Gasteiger partial charge is 0.319 e. The SMILES string of the molecule is CN(Cc1nccn1C(F)F)[C@@H](C(N)=O)c1ccccc1. The third-order valence-corrected chi connectivity index (χ3v) is 3.18. The summed E-state index contributed by atoms with van der Waals surface area (Å²) in [5, 5.41) is 0. The highest BCUT2D eigenvalue weighted by atomic mass is 19.3. The van der Waals surface area contributed by atoms with Crippen molar-refractivity contribution >= 4 is 5.91 Å². The number of imidazole rings is 1. The van der Waals surface area contributed by atoms with Crippen LogP contribution in [0.2, 0.25) is 0 Å². The zero-order valence-electron chi connectivity index (χ0n) is 11.5. The Balaban J connectivity index is 2.22. The van der Waals surface area contributed by atoms with E-state index in [-0.39, 0.29) is 12.4 Å². The standard InChI is InChI=1S/C14H16F2N4O/c1-19(9-11-18-7-8-20(11)14(15)16)12(13(17)21)10-5-3-2-4-6-10/h2-8,12,14H,9H2,1H3,(H2,17,21)/t12-/m1/s1. The first-order valence-corrected chi connectivity index (χ1v) is 6.35. The summed E-state index contributed by atoms with van der Waals surface area (Å²) in [5.41, 5.74) is 6.15. The van der Waals surface area contributed by atoms with Crippen LogP contribution in [0.15, 0.2) is 42.7 Å². The quantitative estimate of drug-likeness (QED) is 0.885. The second kappa shape index (κ2) is 6.45. The minimum absolute atomic E-state index is 0.0832. The number of likely N-dealkylation sites (N-methyl/N-ethyl adjacent to an activating group) is 1. The molecular formula is C14H16F2N4O. The third-order valence-electron chi connectivity index (χ3n) is 3.18. The van der Waals surface area contributed by atoms with Crippen molar-refractivity contribution < 1.29 is 13.6 Å². The number of primary amides is 1. The van der Waals surface area contributed by atoms with E-state index in [2.05, 4.69) is 4.98 Å². The van der Waals surface area contributed by atoms with Gasteiger partial charge in [-0.05, 0) is 12.6 Å². The van der Waals surface area contributed by atoms with Gasteiger partial charge in [-0.3, -0.25) is 14.3 Å². The second-order valence-corrected chi connectivity index (χ2v) is 4.66. The van der Waals surface area contributed by atoms with Gasteiger partial charge in [0.15, 0.2) is 0 Å². The van der Waals surface area contributed by atoms with Crippen LogP contribution in [-0.2, 0) is 11.3 Å². The Labute approximate surface area is 121 Å². The molecule has 0 aliphatic rings. The van der Waals surface area contributed by atoms with Crippen LogP contribution in [0.5, 0.6) is 0 Å². The summed E-state index contributed by atoms with van der Waals surface area (Å²) >= 11 is 0. The molecule has 1 aromatic heterocycles. The van der Waals surface area contributed by atoms with Gasteiger partial charge in [0.25, 0.3) is 0 Å². The Kier molecular flexibility index (Phi) is 4.64. The lowest BCUT2D eigenvalue weighted by atomic mass is 10.1. The maximum atomic E-state index is 12.8. The van der Waals surface area contributed by atoms with Crippen LogP contribution in [0, 0.1) is 0 Å². The van der Waals surface area contributed by atoms with Crippen LogP contribution in [0.1, 0.15) is 24.0 Å². The van der Waals surface area contributed by atoms with Gasteiger partial charge in [-0.1, -0.05) is 30.3 Å². The molecule has 5 nitrogen and oxygen atoms in total. The van der Waals surface area contributed by atoms with E-state index >= 15 is 0 Å². The highest BCUT2D eigenvalue weighted by molar-refractivity contribution is 5.81. The van der Waals surface area contributed by atoms with Crippen molar-refractivity contribution in [3.05, 3.63) is 54.1 Å². The van der Waals surface area contributed by atoms with Crippen molar-refractivity contribution in [1.82, 2.24) is 14.5 Å². The molecule has 2 rings (SSSR count). The number of aromatic nitrogens is 2. The molecule has 1 atom stereocenters. The second-order valence-electron chi connectivity index (χ2n) is 4.66. The Morgan fingerprint density at radius 2 is 2.05 bits per heavy atom. The average molecular weight is 294 g/mol. The summed E-state index contributed by atoms with van der Waals surface area (Å²) in [7, 11) is 1.65. The molecule has 2 aromatic rings. The number of hydrogen-bond acceptors (Lipinski definition) is 3. The molecule has 1 aromatic carbocycles. The molecule has 0 aliphatic carbocycles. The van der Waals surface area contributed by atoms with Crippen molar-refractivity contribution in [2.45, 2.75) is 19.1 Å². The number of nitrogens with two attached hydrogens (primary N) is 1. The van der Waals surface area contributed by atoms with Crippen molar-refractivity contribution in [3.63, 3.8) is 0 Å². The average Bonchev–Trinajstić information content (AvgIpc) is 2.88. The Morgan fingerprint density at radius 3 is 2.62 bits per heavy atom. The van der Waals surface area contributed by atoms with Crippen LogP contribution in [0.3, 0.4) is 0 Å². The van der Waals surface area contributed by atoms with Gasteiger partial charge >= 0.3 is 6.55 Å². The van der Waals surface area contributed by atoms with Gasteiger partial charge in [-0.25, -0.2) is 4.98 Å². The molecule has 21 heavy (non-hydrogen) atoms. The van der Waals surface area contributed by atoms with Crippen LogP contribution in [-0.4, -0.2) is 27.4 Å². The predicted octanol–water partition coefficient (Wildman–Crippen LogP) is 1.94. The zero-order valence-corrected chi connectivity index (χ0v) is 11.5. The van der Waals surface area contributed by atoms with Crippen molar-refractivity contribution in [2.75, 3.05) is 7.05 Å². The van der Waals surface area contributed by atoms with Gasteiger partial charge in [0.1, 0.15) is 11.9 Å². The summed E-state index contributed by atoms with van der Waals surface area (Å²) in [6.45, 7) is -2.58. The number of rotatable bonds is 6. The molecule has 1 heterocycles. The molecule has 112 valence electrons. The van der Waals surface area contributed by atoms with E-state index in [0.29, 0.717) is 5.56 Å². The van der Waals surface area contributed by atoms with E-state index in [9.17, 15) is 13.6 Å². The number of amides is 1. The summed E-state index contributed by atoms with van der Waals surface area (Å²) in [6.07, 6.45) is 2.51. The maximum Gasteiger partial charge on any atom is 0.319 e. The third kappa shape index (κ3) is 3.43. The van der Waals surface area contributed by atoms with E-state index in [0.717, 1.165) is 4.57 Å². The van der Waals surface area contributed by atoms with Crippen molar-refractivity contribution in [3.8, 4) is 0 Å². The van der Waals surface area contributed by atoms with Crippen LogP contribution in [0.25, 0.3) is 0 Å². The Morgan fingerprint density at radius 1 is 1.38 bits per heavy atom. The fraction of sp³-hybridized carbons (Fsp3) is 0.286. The lowest BCUT2D eigenvalue weighted by Crippen LogP contribution is -2.35. The largest absolute Gasteiger partial charge is 0.368 e. The minimum Gasteiger partial charge on any atom is -0.368 e. The summed E-state index contributed by atoms with van der Waals surface area (Å²) in [4.78, 5) is 17.2. The topological polar surface area (TPSA) is 64.2 Å². The highest BCUT2D eigenvalue weighted by Crippen LogP contribution is 2.22. The predicted molar refractivity (Wildman–Crippen MR) is 73.3 cm³/mol. The number of nitrogens with zero attached hydrogens (tertiary/aromatic N) is 3. The van der Waals surface area contributed by atoms with Gasteiger partial charge in [0.05, 0.1) is 6.54 Å². The lowest BCUT2D eigenvalue weighted by molar-refractivity contribution is -0.123. The summed E-state index contributed by atoms with van der Waals surface area (Å²) in [6, 6.07) is 8.24. The first-order valence-electron chi connectivity index (χ1n) is 6.35. The Bertz CT molecular complexity index is 600. The fourth-order valence-corrected chi connectivity index (χ4v) is 2.23. The summed E-state index contributed by atoms with van der Waals surface area (Å²) < 4.78 is 26.4. The molecule has 0 aliphatic heterocycles. The number of hydrogen-bond donors (Lipinski definition) is 1. The number of halogens is 2. The van der Waals surface area contributed by atoms with Crippen molar-refractivity contribution in [1.29, 1.82) is 0 Å². The number of carbonyl (C=O) groups excluding carboxylic acids is 1. The minimum atomic E-state index is -2.67. The normalized spacial score (nSPS) is 12.8. The molecule has 0 saturated heterocycles. The van der Waals surface area contributed by atoms with Gasteiger partial charge in [0, 0.05) is 12.4 Å². The molecule has 0 fully saturated rings. The molecule has 0 spiro atoms. The summed E-state index contributed by atoms with van der Waals surface area (Å²) in [5.74, 6) is -0.367. The van der Waals surface area contributed by atoms with Gasteiger partial charge < -0.3 is 5.73 Å². The van der Waals surface area contributed by atoms with E-state index in [1.165, 1.54) is 12.4 Å². The van der Waals surface area contributed by atoms with E-state index in [4.69, 9.17) is 5.73 Å². The molecule has 1 amide bonds. The molecule has 7 heteroatoms. The van der Waals surface area contributed by atoms with Crippen LogP contribution in [0.4, 0.5) is 8.78 Å². The van der Waals surface area contributed by atoms with Gasteiger partial charge in [0.2, 0.25) is 5.91 Å². The lowest BCUT2D eigenvalue weighted by Gasteiger charge is -2.25. The highest BCUT2D eigenvalue weighted by Gasteiger charge is 2.24. The molecule has 0 unspecified atom stereocenters. The van der Waals surface area contributed by atoms with E-state index in [1.54, 1.807) is 36.2 Å². The van der Waals surface area contributed by atoms with E-state index in [1.807, 2.05) is 6.07 Å². The number of alkyl halides is 2. The van der Waals surface area contributed by atoms with Crippen LogP contribution < -0.4 is 5.73 Å². The first-order chi connectivity index (χ1) is 10.0. The monoisotopic (exact) mass is 294 g/mol. The molecule has 0 bridgehead atoms. The molecule has 0 saturated carbocycles. The Hall–Kier alpha value is -2.28. The van der Waals surface area contributed by atoms with Gasteiger partial charge in [-0.2, -0.15) is 8.78 Å². The van der Waals surface area contributed by atoms with E-state index < -0.39 is 18.5 Å². The number of carbonyl (C=O) groups is 1. The molecular weight excluding hydrogens is 278 g/mol. The zero-order chi connectivity index (χ0) is 15.4. The van der Waals surface area contributed by atoms with Crippen molar-refractivity contribution in [2.24, 2.45) is 5.73 Å². The molecule has 0 radical (unpaired) electrons. The fourth-order valence-electron chi connectivity index (χ4n) is 2.23. The van der Waals surface area contributed by atoms with Gasteiger partial charge in [-0.15, -0.1) is 0 Å².